The van der Waals surface area contributed by atoms with Crippen molar-refractivity contribution >= 4 is 9.39 Å². The van der Waals surface area contributed by atoms with Crippen molar-refractivity contribution in [1.29, 1.82) is 0 Å². The van der Waals surface area contributed by atoms with Gasteiger partial charge in [-0.3, -0.25) is 4.67 Å². The van der Waals surface area contributed by atoms with Gasteiger partial charge < -0.3 is 5.11 Å². The van der Waals surface area contributed by atoms with E-state index in [0.29, 0.717) is 5.92 Å². The van der Waals surface area contributed by atoms with Crippen LogP contribution in [0.2, 0.25) is 0 Å². The number of nitrogens with zero attached hydrogens (tertiary/aromatic N) is 1. The van der Waals surface area contributed by atoms with Gasteiger partial charge in [0.1, 0.15) is 0 Å². The molecule has 0 saturated carbocycles. The molecule has 1 aliphatic rings. The number of hydrogen-bond donors (Lipinski definition) is 1. The van der Waals surface area contributed by atoms with E-state index < -0.39 is 0 Å². The Bertz CT molecular complexity index is 321. The van der Waals surface area contributed by atoms with Crippen LogP contribution >= 0.6 is 9.39 Å². The molecule has 1 atom stereocenters. The van der Waals surface area contributed by atoms with Crippen LogP contribution in [-0.2, 0) is 6.61 Å². The van der Waals surface area contributed by atoms with E-state index in [4.69, 9.17) is 0 Å². The second-order valence-corrected chi connectivity index (χ2v) is 4.90. The fraction of sp³-hybridized carbons (Fsp3) is 0.500. The topological polar surface area (TPSA) is 23.5 Å². The molecule has 1 N–H and O–H groups in total. The number of rotatable bonds is 2. The smallest absolute Gasteiger partial charge is 0.0684 e. The van der Waals surface area contributed by atoms with Gasteiger partial charge in [-0.05, 0) is 29.9 Å². The maximum Gasteiger partial charge on any atom is 0.0684 e. The molecule has 2 rings (SSSR count). The van der Waals surface area contributed by atoms with Gasteiger partial charge in [-0.15, -0.1) is 0 Å². The third-order valence-corrected chi connectivity index (χ3v) is 3.71. The highest BCUT2D eigenvalue weighted by atomic mass is 31.0. The van der Waals surface area contributed by atoms with Crippen molar-refractivity contribution in [3.8, 4) is 0 Å². The lowest BCUT2D eigenvalue weighted by atomic mass is 9.87. The van der Waals surface area contributed by atoms with E-state index in [2.05, 4.69) is 26.2 Å². The van der Waals surface area contributed by atoms with Gasteiger partial charge in [-0.25, -0.2) is 0 Å². The summed E-state index contributed by atoms with van der Waals surface area (Å²) in [5, 5.41) is 9.29. The highest BCUT2D eigenvalue weighted by Crippen LogP contribution is 2.31. The van der Waals surface area contributed by atoms with Crippen LogP contribution in [0, 0.1) is 0 Å². The van der Waals surface area contributed by atoms with E-state index >= 15 is 0 Å². The van der Waals surface area contributed by atoms with E-state index in [1.54, 1.807) is 0 Å². The lowest BCUT2D eigenvalue weighted by molar-refractivity contribution is 0.276. The Kier molecular flexibility index (Phi) is 3.74. The van der Waals surface area contributed by atoms with Crippen LogP contribution in [0.3, 0.4) is 0 Å². The second kappa shape index (κ2) is 5.07. The number of benzene rings is 1. The number of aliphatic hydroxyl groups excluding tert-OH is 1. The minimum Gasteiger partial charge on any atom is -0.392 e. The molecule has 0 aromatic heterocycles. The van der Waals surface area contributed by atoms with Crippen LogP contribution in [0.5, 0.6) is 0 Å². The van der Waals surface area contributed by atoms with Gasteiger partial charge in [0.25, 0.3) is 0 Å². The molecule has 2 nitrogen and oxygen atoms in total. The maximum atomic E-state index is 9.29. The molecule has 1 unspecified atom stereocenters. The summed E-state index contributed by atoms with van der Waals surface area (Å²) >= 11 is 0. The van der Waals surface area contributed by atoms with E-state index in [0.717, 1.165) is 18.7 Å². The third kappa shape index (κ3) is 2.57. The van der Waals surface area contributed by atoms with Crippen molar-refractivity contribution in [2.75, 3.05) is 13.1 Å². The summed E-state index contributed by atoms with van der Waals surface area (Å²) in [5.74, 6) is 0.630. The van der Waals surface area contributed by atoms with Crippen molar-refractivity contribution < 1.29 is 5.11 Å². The molecule has 0 radical (unpaired) electrons. The lowest BCUT2D eigenvalue weighted by Gasteiger charge is -2.29. The van der Waals surface area contributed by atoms with Gasteiger partial charge in [0.2, 0.25) is 0 Å². The minimum atomic E-state index is 0.164. The van der Waals surface area contributed by atoms with Crippen LogP contribution in [0.15, 0.2) is 24.3 Å². The Morgan fingerprint density at radius 3 is 2.60 bits per heavy atom. The highest BCUT2D eigenvalue weighted by Gasteiger charge is 2.19. The monoisotopic (exact) mass is 223 g/mol. The Hall–Kier alpha value is -0.430. The van der Waals surface area contributed by atoms with Gasteiger partial charge in [-0.1, -0.05) is 33.7 Å². The molecule has 82 valence electrons. The molecule has 0 aliphatic carbocycles. The zero-order valence-electron chi connectivity index (χ0n) is 8.89. The van der Waals surface area contributed by atoms with E-state index in [1.165, 1.54) is 18.4 Å². The Morgan fingerprint density at radius 2 is 1.93 bits per heavy atom. The molecule has 1 aromatic carbocycles. The molecular formula is C12H18NOP. The van der Waals surface area contributed by atoms with Crippen molar-refractivity contribution in [3.63, 3.8) is 0 Å². The summed E-state index contributed by atoms with van der Waals surface area (Å²) < 4.78 is 2.29. The van der Waals surface area contributed by atoms with Gasteiger partial charge >= 0.3 is 0 Å². The lowest BCUT2D eigenvalue weighted by Crippen LogP contribution is -2.25. The fourth-order valence-electron chi connectivity index (χ4n) is 2.29. The predicted molar refractivity (Wildman–Crippen MR) is 65.6 cm³/mol. The maximum absolute atomic E-state index is 9.29. The van der Waals surface area contributed by atoms with Gasteiger partial charge in [0.15, 0.2) is 0 Å². The van der Waals surface area contributed by atoms with E-state index in [1.807, 2.05) is 12.1 Å². The Balaban J connectivity index is 2.15. The SMILES string of the molecule is OCc1ccccc1C1CCN(P)CC1. The number of piperidine rings is 1. The first-order chi connectivity index (χ1) is 7.31. The summed E-state index contributed by atoms with van der Waals surface area (Å²) in [4.78, 5) is 0. The molecule has 15 heavy (non-hydrogen) atoms. The van der Waals surface area contributed by atoms with Crippen LogP contribution < -0.4 is 0 Å². The molecule has 1 saturated heterocycles. The van der Waals surface area contributed by atoms with E-state index in [9.17, 15) is 5.11 Å². The van der Waals surface area contributed by atoms with E-state index in [-0.39, 0.29) is 6.61 Å². The zero-order chi connectivity index (χ0) is 10.7. The van der Waals surface area contributed by atoms with Crippen LogP contribution in [0.1, 0.15) is 29.9 Å². The molecule has 0 amide bonds. The average molecular weight is 223 g/mol. The van der Waals surface area contributed by atoms with Crippen LogP contribution in [-0.4, -0.2) is 22.9 Å². The zero-order valence-corrected chi connectivity index (χ0v) is 10.0. The molecule has 3 heteroatoms. The first-order valence-corrected chi connectivity index (χ1v) is 6.01. The minimum absolute atomic E-state index is 0.164. The Morgan fingerprint density at radius 1 is 1.27 bits per heavy atom. The third-order valence-electron chi connectivity index (χ3n) is 3.19. The number of aliphatic hydroxyl groups is 1. The predicted octanol–water partition coefficient (Wildman–Crippen LogP) is 2.15. The van der Waals surface area contributed by atoms with Gasteiger partial charge in [0.05, 0.1) is 6.61 Å². The summed E-state index contributed by atoms with van der Waals surface area (Å²) in [6.07, 6.45) is 2.39. The molecular weight excluding hydrogens is 205 g/mol. The van der Waals surface area contributed by atoms with Gasteiger partial charge in [0, 0.05) is 13.1 Å². The molecule has 1 aliphatic heterocycles. The van der Waals surface area contributed by atoms with Crippen molar-refractivity contribution in [2.45, 2.75) is 25.4 Å². The first kappa shape index (κ1) is 11.1. The highest BCUT2D eigenvalue weighted by molar-refractivity contribution is 7.13. The summed E-state index contributed by atoms with van der Waals surface area (Å²) in [6, 6.07) is 8.26. The largest absolute Gasteiger partial charge is 0.392 e. The average Bonchev–Trinajstić information content (AvgIpc) is 2.30. The normalized spacial score (nSPS) is 19.3. The Labute approximate surface area is 93.6 Å². The standard InChI is InChI=1S/C12H18NOP/c14-9-11-3-1-2-4-12(11)10-5-7-13(15)8-6-10/h1-4,10,14H,5-9,15H2. The number of hydrogen-bond acceptors (Lipinski definition) is 2. The first-order valence-electron chi connectivity index (χ1n) is 5.49. The second-order valence-electron chi connectivity index (χ2n) is 4.17. The molecule has 1 heterocycles. The van der Waals surface area contributed by atoms with Crippen LogP contribution in [0.4, 0.5) is 0 Å². The molecule has 0 bridgehead atoms. The summed E-state index contributed by atoms with van der Waals surface area (Å²) in [7, 11) is 2.77. The molecule has 1 aromatic rings. The fourth-order valence-corrected chi connectivity index (χ4v) is 2.59. The summed E-state index contributed by atoms with van der Waals surface area (Å²) in [5.41, 5.74) is 2.44. The van der Waals surface area contributed by atoms with Crippen molar-refractivity contribution in [1.82, 2.24) is 4.67 Å². The van der Waals surface area contributed by atoms with Crippen molar-refractivity contribution in [3.05, 3.63) is 35.4 Å². The quantitative estimate of drug-likeness (QED) is 0.776. The summed E-state index contributed by atoms with van der Waals surface area (Å²) in [6.45, 7) is 2.43. The molecule has 1 fully saturated rings. The van der Waals surface area contributed by atoms with Crippen LogP contribution in [0.25, 0.3) is 0 Å². The van der Waals surface area contributed by atoms with Gasteiger partial charge in [-0.2, -0.15) is 0 Å². The molecule has 0 spiro atoms. The van der Waals surface area contributed by atoms with Crippen molar-refractivity contribution in [2.24, 2.45) is 0 Å².